The minimum absolute atomic E-state index is 0.0777. The molecule has 0 unspecified atom stereocenters. The molecule has 0 aliphatic heterocycles. The van der Waals surface area contributed by atoms with E-state index in [2.05, 4.69) is 20.8 Å². The van der Waals surface area contributed by atoms with E-state index in [9.17, 15) is 4.79 Å². The topological polar surface area (TPSA) is 35.5 Å². The lowest BCUT2D eigenvalue weighted by Crippen LogP contribution is -2.18. The molecule has 2 aromatic carbocycles. The normalized spacial score (nSPS) is 11.2. The van der Waals surface area contributed by atoms with Crippen molar-refractivity contribution in [2.24, 2.45) is 0 Å². The SMILES string of the molecule is Cc1cccc(OCC(=O)Oc2ccc(C(C)(C)C)cc2)c1C. The van der Waals surface area contributed by atoms with Crippen LogP contribution in [0.5, 0.6) is 11.5 Å². The maximum absolute atomic E-state index is 11.9. The second-order valence-corrected chi connectivity index (χ2v) is 6.74. The van der Waals surface area contributed by atoms with E-state index in [1.807, 2.05) is 56.3 Å². The van der Waals surface area contributed by atoms with Gasteiger partial charge in [0.1, 0.15) is 11.5 Å². The van der Waals surface area contributed by atoms with E-state index in [1.165, 1.54) is 5.56 Å². The highest BCUT2D eigenvalue weighted by Gasteiger charge is 2.14. The van der Waals surface area contributed by atoms with Crippen LogP contribution >= 0.6 is 0 Å². The molecular weight excluding hydrogens is 288 g/mol. The van der Waals surface area contributed by atoms with Crippen LogP contribution in [0.25, 0.3) is 0 Å². The smallest absolute Gasteiger partial charge is 0.349 e. The molecule has 0 aliphatic rings. The summed E-state index contributed by atoms with van der Waals surface area (Å²) in [5.74, 6) is 0.840. The zero-order valence-electron chi connectivity index (χ0n) is 14.5. The first-order valence-electron chi connectivity index (χ1n) is 7.77. The van der Waals surface area contributed by atoms with Crippen LogP contribution in [0.4, 0.5) is 0 Å². The number of carbonyl (C=O) groups excluding carboxylic acids is 1. The first-order chi connectivity index (χ1) is 10.8. The molecule has 2 rings (SSSR count). The molecule has 2 aromatic rings. The van der Waals surface area contributed by atoms with Crippen molar-refractivity contribution in [1.82, 2.24) is 0 Å². The lowest BCUT2D eigenvalue weighted by atomic mass is 9.87. The van der Waals surface area contributed by atoms with E-state index >= 15 is 0 Å². The number of rotatable bonds is 4. The van der Waals surface area contributed by atoms with E-state index < -0.39 is 5.97 Å². The van der Waals surface area contributed by atoms with Crippen molar-refractivity contribution in [2.45, 2.75) is 40.0 Å². The van der Waals surface area contributed by atoms with Crippen LogP contribution < -0.4 is 9.47 Å². The highest BCUT2D eigenvalue weighted by atomic mass is 16.6. The Bertz CT molecular complexity index is 679. The maximum Gasteiger partial charge on any atom is 0.349 e. The first-order valence-corrected chi connectivity index (χ1v) is 7.77. The van der Waals surface area contributed by atoms with Crippen LogP contribution in [0.15, 0.2) is 42.5 Å². The largest absolute Gasteiger partial charge is 0.482 e. The van der Waals surface area contributed by atoms with Gasteiger partial charge in [0, 0.05) is 0 Å². The van der Waals surface area contributed by atoms with Gasteiger partial charge in [-0.05, 0) is 54.2 Å². The van der Waals surface area contributed by atoms with Crippen molar-refractivity contribution in [3.63, 3.8) is 0 Å². The zero-order chi connectivity index (χ0) is 17.0. The number of aryl methyl sites for hydroxylation is 1. The Kier molecular flexibility index (Phi) is 5.09. The molecule has 0 bridgehead atoms. The number of carbonyl (C=O) groups is 1. The number of hydrogen-bond acceptors (Lipinski definition) is 3. The summed E-state index contributed by atoms with van der Waals surface area (Å²) in [6.07, 6.45) is 0. The molecule has 0 fully saturated rings. The Labute approximate surface area is 138 Å². The molecule has 0 heterocycles. The molecular formula is C20H24O3. The predicted molar refractivity (Wildman–Crippen MR) is 92.2 cm³/mol. The average molecular weight is 312 g/mol. The fraction of sp³-hybridized carbons (Fsp3) is 0.350. The molecule has 3 nitrogen and oxygen atoms in total. The van der Waals surface area contributed by atoms with Gasteiger partial charge < -0.3 is 9.47 Å². The van der Waals surface area contributed by atoms with Crippen LogP contribution in [0.1, 0.15) is 37.5 Å². The number of hydrogen-bond donors (Lipinski definition) is 0. The van der Waals surface area contributed by atoms with Gasteiger partial charge >= 0.3 is 5.97 Å². The molecule has 0 atom stereocenters. The summed E-state index contributed by atoms with van der Waals surface area (Å²) >= 11 is 0. The Hall–Kier alpha value is -2.29. The summed E-state index contributed by atoms with van der Waals surface area (Å²) in [5, 5.41) is 0. The van der Waals surface area contributed by atoms with Crippen LogP contribution in [-0.4, -0.2) is 12.6 Å². The molecule has 0 spiro atoms. The van der Waals surface area contributed by atoms with Crippen molar-refractivity contribution in [1.29, 1.82) is 0 Å². The summed E-state index contributed by atoms with van der Waals surface area (Å²) in [4.78, 5) is 11.9. The van der Waals surface area contributed by atoms with Gasteiger partial charge in [0.05, 0.1) is 0 Å². The Morgan fingerprint density at radius 1 is 1.00 bits per heavy atom. The first kappa shape index (κ1) is 17.1. The number of esters is 1. The zero-order valence-corrected chi connectivity index (χ0v) is 14.5. The summed E-state index contributed by atoms with van der Waals surface area (Å²) < 4.78 is 10.9. The second-order valence-electron chi connectivity index (χ2n) is 6.74. The quantitative estimate of drug-likeness (QED) is 0.612. The molecule has 23 heavy (non-hydrogen) atoms. The Morgan fingerprint density at radius 2 is 1.65 bits per heavy atom. The molecule has 0 N–H and O–H groups in total. The summed E-state index contributed by atoms with van der Waals surface area (Å²) in [6, 6.07) is 13.4. The minimum atomic E-state index is -0.408. The van der Waals surface area contributed by atoms with Gasteiger partial charge in [-0.25, -0.2) is 4.79 Å². The third kappa shape index (κ3) is 4.59. The summed E-state index contributed by atoms with van der Waals surface area (Å²) in [7, 11) is 0. The summed E-state index contributed by atoms with van der Waals surface area (Å²) in [6.45, 7) is 10.3. The molecule has 0 saturated carbocycles. The van der Waals surface area contributed by atoms with Crippen LogP contribution in [-0.2, 0) is 10.2 Å². The van der Waals surface area contributed by atoms with Gasteiger partial charge in [-0.3, -0.25) is 0 Å². The third-order valence-corrected chi connectivity index (χ3v) is 3.85. The van der Waals surface area contributed by atoms with Gasteiger partial charge in [0.2, 0.25) is 0 Å². The molecule has 0 aromatic heterocycles. The van der Waals surface area contributed by atoms with Crippen LogP contribution in [0.3, 0.4) is 0 Å². The van der Waals surface area contributed by atoms with E-state index in [-0.39, 0.29) is 12.0 Å². The predicted octanol–water partition coefficient (Wildman–Crippen LogP) is 4.59. The Balaban J connectivity index is 1.93. The third-order valence-electron chi connectivity index (χ3n) is 3.85. The van der Waals surface area contributed by atoms with Crippen molar-refractivity contribution in [3.05, 3.63) is 59.2 Å². The second kappa shape index (κ2) is 6.86. The molecule has 0 aliphatic carbocycles. The van der Waals surface area contributed by atoms with Crippen molar-refractivity contribution in [3.8, 4) is 11.5 Å². The fourth-order valence-corrected chi connectivity index (χ4v) is 2.20. The van der Waals surface area contributed by atoms with E-state index in [1.54, 1.807) is 0 Å². The molecule has 0 radical (unpaired) electrons. The monoisotopic (exact) mass is 312 g/mol. The van der Waals surface area contributed by atoms with E-state index in [4.69, 9.17) is 9.47 Å². The summed E-state index contributed by atoms with van der Waals surface area (Å²) in [5.41, 5.74) is 3.45. The minimum Gasteiger partial charge on any atom is -0.482 e. The van der Waals surface area contributed by atoms with Gasteiger partial charge in [-0.15, -0.1) is 0 Å². The number of benzene rings is 2. The van der Waals surface area contributed by atoms with Crippen molar-refractivity contribution >= 4 is 5.97 Å². The van der Waals surface area contributed by atoms with Crippen LogP contribution in [0, 0.1) is 13.8 Å². The molecule has 3 heteroatoms. The fourth-order valence-electron chi connectivity index (χ4n) is 2.20. The molecule has 0 amide bonds. The molecule has 0 saturated heterocycles. The highest BCUT2D eigenvalue weighted by molar-refractivity contribution is 5.74. The molecule has 122 valence electrons. The number of ether oxygens (including phenoxy) is 2. The van der Waals surface area contributed by atoms with Crippen molar-refractivity contribution < 1.29 is 14.3 Å². The van der Waals surface area contributed by atoms with Gasteiger partial charge in [-0.2, -0.15) is 0 Å². The average Bonchev–Trinajstić information content (AvgIpc) is 2.48. The van der Waals surface area contributed by atoms with Crippen LogP contribution in [0.2, 0.25) is 0 Å². The lowest BCUT2D eigenvalue weighted by molar-refractivity contribution is -0.136. The van der Waals surface area contributed by atoms with Gasteiger partial charge in [0.15, 0.2) is 6.61 Å². The highest BCUT2D eigenvalue weighted by Crippen LogP contribution is 2.24. The lowest BCUT2D eigenvalue weighted by Gasteiger charge is -2.19. The standard InChI is InChI=1S/C20H24O3/c1-14-7-6-8-18(15(14)2)22-13-19(21)23-17-11-9-16(10-12-17)20(3,4)5/h6-12H,13H2,1-5H3. The van der Waals surface area contributed by atoms with E-state index in [0.29, 0.717) is 11.5 Å². The van der Waals surface area contributed by atoms with E-state index in [0.717, 1.165) is 11.1 Å². The maximum atomic E-state index is 11.9. The Morgan fingerprint density at radius 3 is 2.26 bits per heavy atom. The van der Waals surface area contributed by atoms with Crippen molar-refractivity contribution in [2.75, 3.05) is 6.61 Å². The van der Waals surface area contributed by atoms with Gasteiger partial charge in [-0.1, -0.05) is 45.0 Å². The van der Waals surface area contributed by atoms with Gasteiger partial charge in [0.25, 0.3) is 0 Å².